The molecule has 1 N–H and O–H groups in total. The summed E-state index contributed by atoms with van der Waals surface area (Å²) in [6, 6.07) is 0.479. The van der Waals surface area contributed by atoms with Crippen molar-refractivity contribution < 1.29 is 9.90 Å². The molecule has 0 spiro atoms. The van der Waals surface area contributed by atoms with E-state index in [2.05, 4.69) is 0 Å². The summed E-state index contributed by atoms with van der Waals surface area (Å²) in [4.78, 5) is 13.7. The summed E-state index contributed by atoms with van der Waals surface area (Å²) in [5, 5.41) is 9.02. The SMILES string of the molecule is O=C1C[C@@H](CO)CN1C1CCCCC1. The minimum Gasteiger partial charge on any atom is -0.396 e. The fourth-order valence-corrected chi connectivity index (χ4v) is 2.68. The Hall–Kier alpha value is -0.570. The van der Waals surface area contributed by atoms with E-state index in [1.165, 1.54) is 32.1 Å². The summed E-state index contributed by atoms with van der Waals surface area (Å²) in [6.45, 7) is 0.953. The molecule has 1 amide bonds. The van der Waals surface area contributed by atoms with E-state index in [4.69, 9.17) is 5.11 Å². The maximum Gasteiger partial charge on any atom is 0.223 e. The van der Waals surface area contributed by atoms with Crippen molar-refractivity contribution in [3.05, 3.63) is 0 Å². The molecular formula is C11H19NO2. The van der Waals surface area contributed by atoms with Gasteiger partial charge in [-0.1, -0.05) is 19.3 Å². The van der Waals surface area contributed by atoms with Crippen molar-refractivity contribution in [3.63, 3.8) is 0 Å². The molecule has 0 radical (unpaired) electrons. The van der Waals surface area contributed by atoms with Gasteiger partial charge < -0.3 is 10.0 Å². The molecule has 2 rings (SSSR count). The van der Waals surface area contributed by atoms with Crippen molar-refractivity contribution in [2.75, 3.05) is 13.2 Å². The molecule has 0 aromatic heterocycles. The van der Waals surface area contributed by atoms with E-state index in [1.54, 1.807) is 0 Å². The number of hydrogen-bond acceptors (Lipinski definition) is 2. The molecule has 1 aliphatic carbocycles. The van der Waals surface area contributed by atoms with E-state index < -0.39 is 0 Å². The molecule has 1 heterocycles. The van der Waals surface area contributed by atoms with E-state index in [0.29, 0.717) is 12.5 Å². The van der Waals surface area contributed by atoms with Gasteiger partial charge >= 0.3 is 0 Å². The van der Waals surface area contributed by atoms with Crippen molar-refractivity contribution >= 4 is 5.91 Å². The normalized spacial score (nSPS) is 29.9. The van der Waals surface area contributed by atoms with Crippen LogP contribution in [0.4, 0.5) is 0 Å². The number of carbonyl (C=O) groups excluding carboxylic acids is 1. The molecule has 1 saturated heterocycles. The van der Waals surface area contributed by atoms with Gasteiger partial charge in [-0.3, -0.25) is 4.79 Å². The number of rotatable bonds is 2. The number of aliphatic hydroxyl groups excluding tert-OH is 1. The lowest BCUT2D eigenvalue weighted by molar-refractivity contribution is -0.130. The summed E-state index contributed by atoms with van der Waals surface area (Å²) in [6.07, 6.45) is 6.75. The van der Waals surface area contributed by atoms with Crippen LogP contribution in [0.2, 0.25) is 0 Å². The van der Waals surface area contributed by atoms with Gasteiger partial charge in [-0.05, 0) is 12.8 Å². The smallest absolute Gasteiger partial charge is 0.223 e. The number of carbonyl (C=O) groups is 1. The number of likely N-dealkylation sites (tertiary alicyclic amines) is 1. The molecule has 2 fully saturated rings. The fourth-order valence-electron chi connectivity index (χ4n) is 2.68. The Bertz CT molecular complexity index is 211. The highest BCUT2D eigenvalue weighted by Crippen LogP contribution is 2.28. The summed E-state index contributed by atoms with van der Waals surface area (Å²) in [5.41, 5.74) is 0. The second-order valence-corrected chi connectivity index (χ2v) is 4.59. The van der Waals surface area contributed by atoms with Crippen molar-refractivity contribution in [2.24, 2.45) is 5.92 Å². The van der Waals surface area contributed by atoms with Crippen molar-refractivity contribution in [3.8, 4) is 0 Å². The molecule has 0 unspecified atom stereocenters. The van der Waals surface area contributed by atoms with Gasteiger partial charge in [-0.25, -0.2) is 0 Å². The third-order valence-electron chi connectivity index (χ3n) is 3.51. The van der Waals surface area contributed by atoms with Gasteiger partial charge in [0, 0.05) is 31.5 Å². The van der Waals surface area contributed by atoms with Crippen LogP contribution in [0.15, 0.2) is 0 Å². The number of nitrogens with zero attached hydrogens (tertiary/aromatic N) is 1. The molecular weight excluding hydrogens is 178 g/mol. The molecule has 3 nitrogen and oxygen atoms in total. The average molecular weight is 197 g/mol. The first-order valence-corrected chi connectivity index (χ1v) is 5.71. The van der Waals surface area contributed by atoms with Gasteiger partial charge in [0.2, 0.25) is 5.91 Å². The Morgan fingerprint density at radius 2 is 2.00 bits per heavy atom. The van der Waals surface area contributed by atoms with Crippen LogP contribution in [0.5, 0.6) is 0 Å². The van der Waals surface area contributed by atoms with E-state index in [1.807, 2.05) is 4.90 Å². The maximum atomic E-state index is 11.7. The molecule has 14 heavy (non-hydrogen) atoms. The highest BCUT2D eigenvalue weighted by atomic mass is 16.3. The van der Waals surface area contributed by atoms with Crippen molar-refractivity contribution in [1.29, 1.82) is 0 Å². The minimum atomic E-state index is 0.162. The first kappa shape index (κ1) is 9.97. The number of aliphatic hydroxyl groups is 1. The Kier molecular flexibility index (Phi) is 3.06. The largest absolute Gasteiger partial charge is 0.396 e. The van der Waals surface area contributed by atoms with Crippen LogP contribution in [0, 0.1) is 5.92 Å². The van der Waals surface area contributed by atoms with Crippen LogP contribution in [0.25, 0.3) is 0 Å². The van der Waals surface area contributed by atoms with Gasteiger partial charge in [0.25, 0.3) is 0 Å². The Morgan fingerprint density at radius 3 is 2.57 bits per heavy atom. The van der Waals surface area contributed by atoms with E-state index >= 15 is 0 Å². The van der Waals surface area contributed by atoms with Gasteiger partial charge in [-0.15, -0.1) is 0 Å². The zero-order valence-corrected chi connectivity index (χ0v) is 8.61. The second kappa shape index (κ2) is 4.30. The predicted octanol–water partition coefficient (Wildman–Crippen LogP) is 1.16. The van der Waals surface area contributed by atoms with Crippen LogP contribution in [0.3, 0.4) is 0 Å². The lowest BCUT2D eigenvalue weighted by Gasteiger charge is -2.31. The van der Waals surface area contributed by atoms with Gasteiger partial charge in [0.05, 0.1) is 0 Å². The van der Waals surface area contributed by atoms with Crippen molar-refractivity contribution in [1.82, 2.24) is 4.90 Å². The third kappa shape index (κ3) is 1.92. The van der Waals surface area contributed by atoms with Crippen LogP contribution in [0.1, 0.15) is 38.5 Å². The monoisotopic (exact) mass is 197 g/mol. The van der Waals surface area contributed by atoms with Gasteiger partial charge in [0.15, 0.2) is 0 Å². The third-order valence-corrected chi connectivity index (χ3v) is 3.51. The first-order valence-electron chi connectivity index (χ1n) is 5.71. The maximum absolute atomic E-state index is 11.7. The molecule has 1 aliphatic heterocycles. The quantitative estimate of drug-likeness (QED) is 0.721. The van der Waals surface area contributed by atoms with Crippen LogP contribution < -0.4 is 0 Å². The second-order valence-electron chi connectivity index (χ2n) is 4.59. The standard InChI is InChI=1S/C11H19NO2/c13-8-9-6-11(14)12(7-9)10-4-2-1-3-5-10/h9-10,13H,1-8H2/t9-/m1/s1. The molecule has 0 aromatic carbocycles. The minimum absolute atomic E-state index is 0.162. The zero-order chi connectivity index (χ0) is 9.97. The Labute approximate surface area is 85.1 Å². The summed E-state index contributed by atoms with van der Waals surface area (Å²) in [5.74, 6) is 0.459. The predicted molar refractivity (Wildman–Crippen MR) is 53.8 cm³/mol. The molecule has 0 bridgehead atoms. The van der Waals surface area contributed by atoms with Gasteiger partial charge in [0.1, 0.15) is 0 Å². The summed E-state index contributed by atoms with van der Waals surface area (Å²) >= 11 is 0. The first-order chi connectivity index (χ1) is 6.81. The summed E-state index contributed by atoms with van der Waals surface area (Å²) in [7, 11) is 0. The van der Waals surface area contributed by atoms with Crippen LogP contribution >= 0.6 is 0 Å². The fraction of sp³-hybridized carbons (Fsp3) is 0.909. The topological polar surface area (TPSA) is 40.5 Å². The van der Waals surface area contributed by atoms with E-state index in [-0.39, 0.29) is 18.4 Å². The lowest BCUT2D eigenvalue weighted by atomic mass is 9.94. The Balaban J connectivity index is 1.93. The van der Waals surface area contributed by atoms with E-state index in [9.17, 15) is 4.79 Å². The highest BCUT2D eigenvalue weighted by Gasteiger charge is 2.34. The molecule has 2 aliphatic rings. The van der Waals surface area contributed by atoms with Gasteiger partial charge in [-0.2, -0.15) is 0 Å². The summed E-state index contributed by atoms with van der Waals surface area (Å²) < 4.78 is 0. The molecule has 0 aromatic rings. The zero-order valence-electron chi connectivity index (χ0n) is 8.61. The molecule has 3 heteroatoms. The Morgan fingerprint density at radius 1 is 1.29 bits per heavy atom. The van der Waals surface area contributed by atoms with Crippen LogP contribution in [-0.4, -0.2) is 35.1 Å². The lowest BCUT2D eigenvalue weighted by Crippen LogP contribution is -2.38. The van der Waals surface area contributed by atoms with Crippen LogP contribution in [-0.2, 0) is 4.79 Å². The molecule has 1 atom stereocenters. The van der Waals surface area contributed by atoms with Crippen molar-refractivity contribution in [2.45, 2.75) is 44.6 Å². The average Bonchev–Trinajstić information content (AvgIpc) is 2.61. The highest BCUT2D eigenvalue weighted by molar-refractivity contribution is 5.79. The number of amides is 1. The molecule has 80 valence electrons. The van der Waals surface area contributed by atoms with E-state index in [0.717, 1.165) is 6.54 Å². The molecule has 1 saturated carbocycles. The number of hydrogen-bond donors (Lipinski definition) is 1.